The number of carbonyl (C=O) groups excluding carboxylic acids is 1. The largest absolute Gasteiger partial charge is 0.370 e. The Morgan fingerprint density at radius 1 is 1.00 bits per heavy atom. The van der Waals surface area contributed by atoms with Gasteiger partial charge in [0.15, 0.2) is 0 Å². The van der Waals surface area contributed by atoms with E-state index in [-0.39, 0.29) is 35.6 Å². The quantitative estimate of drug-likeness (QED) is 0.867. The summed E-state index contributed by atoms with van der Waals surface area (Å²) >= 11 is 0. The SMILES string of the molecule is O=C(C1CNNC1c1ccc(F)cc1)N1CCOC(c2ccc(F)cc2)C1. The lowest BCUT2D eigenvalue weighted by atomic mass is 9.93. The summed E-state index contributed by atoms with van der Waals surface area (Å²) in [7, 11) is 0. The Labute approximate surface area is 156 Å². The van der Waals surface area contributed by atoms with Crippen molar-refractivity contribution >= 4 is 5.91 Å². The molecule has 2 aromatic rings. The fourth-order valence-electron chi connectivity index (χ4n) is 3.68. The van der Waals surface area contributed by atoms with Gasteiger partial charge in [-0.3, -0.25) is 10.2 Å². The third-order valence-corrected chi connectivity index (χ3v) is 5.15. The molecule has 0 saturated carbocycles. The van der Waals surface area contributed by atoms with Crippen molar-refractivity contribution in [3.8, 4) is 0 Å². The summed E-state index contributed by atoms with van der Waals surface area (Å²) in [5.74, 6) is -0.865. The van der Waals surface area contributed by atoms with Crippen molar-refractivity contribution < 1.29 is 18.3 Å². The molecule has 2 aliphatic heterocycles. The van der Waals surface area contributed by atoms with Crippen LogP contribution in [0.4, 0.5) is 8.78 Å². The number of benzene rings is 2. The molecule has 3 atom stereocenters. The maximum Gasteiger partial charge on any atom is 0.229 e. The molecular weight excluding hydrogens is 352 g/mol. The molecule has 2 saturated heterocycles. The Bertz CT molecular complexity index is 798. The number of hydrogen-bond acceptors (Lipinski definition) is 4. The van der Waals surface area contributed by atoms with E-state index in [1.54, 1.807) is 29.2 Å². The fourth-order valence-corrected chi connectivity index (χ4v) is 3.68. The number of nitrogens with one attached hydrogen (secondary N) is 2. The molecule has 2 aliphatic rings. The smallest absolute Gasteiger partial charge is 0.229 e. The molecule has 2 heterocycles. The van der Waals surface area contributed by atoms with Crippen LogP contribution in [0.15, 0.2) is 48.5 Å². The lowest BCUT2D eigenvalue weighted by Gasteiger charge is -2.35. The van der Waals surface area contributed by atoms with E-state index in [0.29, 0.717) is 26.2 Å². The molecule has 27 heavy (non-hydrogen) atoms. The minimum absolute atomic E-state index is 0.0252. The van der Waals surface area contributed by atoms with Gasteiger partial charge in [-0.25, -0.2) is 14.2 Å². The highest BCUT2D eigenvalue weighted by molar-refractivity contribution is 5.80. The van der Waals surface area contributed by atoms with Gasteiger partial charge in [0, 0.05) is 13.1 Å². The number of nitrogens with zero attached hydrogens (tertiary/aromatic N) is 1. The summed E-state index contributed by atoms with van der Waals surface area (Å²) in [6, 6.07) is 12.1. The van der Waals surface area contributed by atoms with Crippen molar-refractivity contribution in [2.24, 2.45) is 5.92 Å². The van der Waals surface area contributed by atoms with Gasteiger partial charge in [0.05, 0.1) is 25.1 Å². The minimum atomic E-state index is -0.303. The zero-order valence-corrected chi connectivity index (χ0v) is 14.7. The van der Waals surface area contributed by atoms with E-state index in [1.165, 1.54) is 24.3 Å². The second kappa shape index (κ2) is 7.72. The Kier molecular flexibility index (Phi) is 5.15. The molecule has 3 unspecified atom stereocenters. The van der Waals surface area contributed by atoms with Crippen molar-refractivity contribution in [3.05, 3.63) is 71.3 Å². The van der Waals surface area contributed by atoms with Crippen LogP contribution in [0.2, 0.25) is 0 Å². The fraction of sp³-hybridized carbons (Fsp3) is 0.350. The highest BCUT2D eigenvalue weighted by Gasteiger charge is 2.38. The zero-order valence-electron chi connectivity index (χ0n) is 14.7. The van der Waals surface area contributed by atoms with Crippen LogP contribution >= 0.6 is 0 Å². The zero-order chi connectivity index (χ0) is 18.8. The molecule has 0 aliphatic carbocycles. The van der Waals surface area contributed by atoms with E-state index in [9.17, 15) is 13.6 Å². The first-order valence-electron chi connectivity index (χ1n) is 9.01. The molecule has 0 bridgehead atoms. The normalized spacial score (nSPS) is 25.6. The van der Waals surface area contributed by atoms with E-state index >= 15 is 0 Å². The molecule has 142 valence electrons. The minimum Gasteiger partial charge on any atom is -0.370 e. The number of hydrogen-bond donors (Lipinski definition) is 2. The Balaban J connectivity index is 1.47. The molecule has 0 spiro atoms. The van der Waals surface area contributed by atoms with Gasteiger partial charge < -0.3 is 9.64 Å². The van der Waals surface area contributed by atoms with Gasteiger partial charge in [0.2, 0.25) is 5.91 Å². The molecule has 1 amide bonds. The van der Waals surface area contributed by atoms with Gasteiger partial charge in [0.1, 0.15) is 17.7 Å². The summed E-state index contributed by atoms with van der Waals surface area (Å²) in [5.41, 5.74) is 7.88. The van der Waals surface area contributed by atoms with Crippen molar-refractivity contribution in [1.29, 1.82) is 0 Å². The molecule has 5 nitrogen and oxygen atoms in total. The van der Waals surface area contributed by atoms with Crippen LogP contribution in [-0.4, -0.2) is 37.0 Å². The van der Waals surface area contributed by atoms with E-state index < -0.39 is 0 Å². The lowest BCUT2D eigenvalue weighted by molar-refractivity contribution is -0.143. The number of amides is 1. The van der Waals surface area contributed by atoms with Crippen molar-refractivity contribution in [3.63, 3.8) is 0 Å². The van der Waals surface area contributed by atoms with Gasteiger partial charge >= 0.3 is 0 Å². The van der Waals surface area contributed by atoms with Gasteiger partial charge in [-0.1, -0.05) is 24.3 Å². The number of morpholine rings is 1. The molecule has 2 aromatic carbocycles. The van der Waals surface area contributed by atoms with Crippen LogP contribution in [-0.2, 0) is 9.53 Å². The van der Waals surface area contributed by atoms with Crippen LogP contribution in [0.25, 0.3) is 0 Å². The average Bonchev–Trinajstić information content (AvgIpc) is 3.18. The van der Waals surface area contributed by atoms with Crippen LogP contribution in [0, 0.1) is 17.6 Å². The number of hydrazine groups is 1. The third kappa shape index (κ3) is 3.85. The van der Waals surface area contributed by atoms with E-state index in [0.717, 1.165) is 11.1 Å². The number of ether oxygens (including phenoxy) is 1. The Morgan fingerprint density at radius 3 is 2.30 bits per heavy atom. The van der Waals surface area contributed by atoms with E-state index in [4.69, 9.17) is 4.74 Å². The molecule has 2 fully saturated rings. The molecule has 2 N–H and O–H groups in total. The molecular formula is C20H21F2N3O2. The van der Waals surface area contributed by atoms with E-state index in [2.05, 4.69) is 10.9 Å². The first kappa shape index (κ1) is 18.0. The molecule has 4 rings (SSSR count). The third-order valence-electron chi connectivity index (χ3n) is 5.15. The van der Waals surface area contributed by atoms with Crippen molar-refractivity contribution in [1.82, 2.24) is 15.8 Å². The summed E-state index contributed by atoms with van der Waals surface area (Å²) in [4.78, 5) is 14.9. The van der Waals surface area contributed by atoms with Crippen LogP contribution in [0.1, 0.15) is 23.3 Å². The highest BCUT2D eigenvalue weighted by atomic mass is 19.1. The molecule has 0 radical (unpaired) electrons. The number of rotatable bonds is 3. The first-order chi connectivity index (χ1) is 13.1. The summed E-state index contributed by atoms with van der Waals surface area (Å²) in [6.45, 7) is 1.88. The summed E-state index contributed by atoms with van der Waals surface area (Å²) in [5, 5.41) is 0. The van der Waals surface area contributed by atoms with E-state index in [1.807, 2.05) is 0 Å². The number of carbonyl (C=O) groups is 1. The highest BCUT2D eigenvalue weighted by Crippen LogP contribution is 2.29. The van der Waals surface area contributed by atoms with Crippen LogP contribution in [0.3, 0.4) is 0 Å². The maximum absolute atomic E-state index is 13.2. The summed E-state index contributed by atoms with van der Waals surface area (Å²) in [6.07, 6.45) is -0.269. The average molecular weight is 373 g/mol. The van der Waals surface area contributed by atoms with Crippen molar-refractivity contribution in [2.75, 3.05) is 26.2 Å². The maximum atomic E-state index is 13.2. The predicted molar refractivity (Wildman–Crippen MR) is 95.4 cm³/mol. The second-order valence-electron chi connectivity index (χ2n) is 6.86. The van der Waals surface area contributed by atoms with Gasteiger partial charge in [-0.15, -0.1) is 0 Å². The summed E-state index contributed by atoms with van der Waals surface area (Å²) < 4.78 is 32.1. The Morgan fingerprint density at radius 2 is 1.63 bits per heavy atom. The van der Waals surface area contributed by atoms with Gasteiger partial charge in [0.25, 0.3) is 0 Å². The second-order valence-corrected chi connectivity index (χ2v) is 6.86. The Hall–Kier alpha value is -2.35. The topological polar surface area (TPSA) is 53.6 Å². The predicted octanol–water partition coefficient (Wildman–Crippen LogP) is 2.33. The number of halogens is 2. The van der Waals surface area contributed by atoms with Crippen LogP contribution in [0.5, 0.6) is 0 Å². The van der Waals surface area contributed by atoms with Crippen LogP contribution < -0.4 is 10.9 Å². The van der Waals surface area contributed by atoms with Crippen molar-refractivity contribution in [2.45, 2.75) is 12.1 Å². The standard InChI is InChI=1S/C20H21F2N3O2/c21-15-5-1-13(2-6-15)18-12-25(9-10-27-18)20(26)17-11-23-24-19(17)14-3-7-16(22)8-4-14/h1-8,17-19,23-24H,9-12H2. The lowest BCUT2D eigenvalue weighted by Crippen LogP contribution is -2.46. The molecule has 0 aromatic heterocycles. The van der Waals surface area contributed by atoms with Gasteiger partial charge in [-0.2, -0.15) is 0 Å². The van der Waals surface area contributed by atoms with Gasteiger partial charge in [-0.05, 0) is 35.4 Å². The first-order valence-corrected chi connectivity index (χ1v) is 9.01. The monoisotopic (exact) mass is 373 g/mol. The molecule has 7 heteroatoms.